The minimum Gasteiger partial charge on any atom is -0.322 e. The Labute approximate surface area is 130 Å². The van der Waals surface area contributed by atoms with Crippen LogP contribution in [-0.2, 0) is 6.42 Å². The van der Waals surface area contributed by atoms with Crippen LogP contribution in [0.1, 0.15) is 17.3 Å². The lowest BCUT2D eigenvalue weighted by molar-refractivity contribution is 0.589. The topological polar surface area (TPSA) is 51.8 Å². The smallest absolute Gasteiger partial charge is 0.126 e. The first-order valence-electron chi connectivity index (χ1n) is 6.54. The number of fused-ring (bicyclic) bond motifs is 1. The normalized spacial score (nSPS) is 12.5. The maximum atomic E-state index is 13.8. The van der Waals surface area contributed by atoms with Crippen molar-refractivity contribution in [3.8, 4) is 0 Å². The summed E-state index contributed by atoms with van der Waals surface area (Å²) in [6.07, 6.45) is 2.03. The van der Waals surface area contributed by atoms with Gasteiger partial charge in [0.2, 0.25) is 0 Å². The van der Waals surface area contributed by atoms with Crippen LogP contribution in [0.5, 0.6) is 0 Å². The van der Waals surface area contributed by atoms with Gasteiger partial charge in [0.25, 0.3) is 0 Å². The molecule has 3 aromatic rings. The number of para-hydroxylation sites is 2. The van der Waals surface area contributed by atoms with E-state index in [1.165, 1.54) is 6.07 Å². The minimum atomic E-state index is -0.397. The number of hydrogen-bond donors (Lipinski definition) is 1. The Morgan fingerprint density at radius 2 is 1.90 bits per heavy atom. The molecule has 0 fully saturated rings. The molecule has 0 saturated carbocycles. The fourth-order valence-electron chi connectivity index (χ4n) is 2.19. The van der Waals surface area contributed by atoms with Crippen LogP contribution in [0.15, 0.2) is 53.1 Å². The van der Waals surface area contributed by atoms with Crippen LogP contribution in [0.4, 0.5) is 4.39 Å². The zero-order valence-electron chi connectivity index (χ0n) is 11.1. The Morgan fingerprint density at radius 1 is 1.14 bits per heavy atom. The van der Waals surface area contributed by atoms with Gasteiger partial charge in [0.05, 0.1) is 29.0 Å². The van der Waals surface area contributed by atoms with Gasteiger partial charge in [-0.05, 0) is 42.3 Å². The molecule has 0 radical (unpaired) electrons. The van der Waals surface area contributed by atoms with Gasteiger partial charge in [0.15, 0.2) is 0 Å². The molecule has 106 valence electrons. The fourth-order valence-corrected chi connectivity index (χ4v) is 2.60. The molecule has 1 heterocycles. The SMILES string of the molecule is NC(Cc1cc(Br)ccc1F)c1cnc2ccccc2n1. The number of rotatable bonds is 3. The van der Waals surface area contributed by atoms with Gasteiger partial charge in [-0.15, -0.1) is 0 Å². The molecule has 0 aliphatic heterocycles. The number of halogens is 2. The van der Waals surface area contributed by atoms with Crippen LogP contribution < -0.4 is 5.73 Å². The Kier molecular flexibility index (Phi) is 3.94. The van der Waals surface area contributed by atoms with Crippen molar-refractivity contribution >= 4 is 27.0 Å². The number of benzene rings is 2. The third kappa shape index (κ3) is 3.09. The molecule has 21 heavy (non-hydrogen) atoms. The molecular formula is C16H13BrFN3. The summed E-state index contributed by atoms with van der Waals surface area (Å²) < 4.78 is 14.6. The minimum absolute atomic E-state index is 0.262. The zero-order valence-corrected chi connectivity index (χ0v) is 12.7. The summed E-state index contributed by atoms with van der Waals surface area (Å²) in [4.78, 5) is 8.84. The van der Waals surface area contributed by atoms with E-state index < -0.39 is 6.04 Å². The number of nitrogens with two attached hydrogens (primary N) is 1. The van der Waals surface area contributed by atoms with Gasteiger partial charge in [-0.25, -0.2) is 9.37 Å². The van der Waals surface area contributed by atoms with E-state index in [4.69, 9.17) is 5.73 Å². The van der Waals surface area contributed by atoms with E-state index in [9.17, 15) is 4.39 Å². The van der Waals surface area contributed by atoms with Crippen molar-refractivity contribution < 1.29 is 4.39 Å². The van der Waals surface area contributed by atoms with Gasteiger partial charge in [0.1, 0.15) is 5.82 Å². The lowest BCUT2D eigenvalue weighted by Gasteiger charge is -2.12. The predicted molar refractivity (Wildman–Crippen MR) is 84.3 cm³/mol. The maximum absolute atomic E-state index is 13.8. The lowest BCUT2D eigenvalue weighted by Crippen LogP contribution is -2.16. The van der Waals surface area contributed by atoms with Gasteiger partial charge < -0.3 is 5.73 Å². The second-order valence-electron chi connectivity index (χ2n) is 4.83. The zero-order chi connectivity index (χ0) is 14.8. The van der Waals surface area contributed by atoms with E-state index in [2.05, 4.69) is 25.9 Å². The van der Waals surface area contributed by atoms with Crippen molar-refractivity contribution in [3.05, 3.63) is 70.2 Å². The van der Waals surface area contributed by atoms with E-state index in [0.717, 1.165) is 15.5 Å². The Morgan fingerprint density at radius 3 is 2.71 bits per heavy atom. The second-order valence-corrected chi connectivity index (χ2v) is 5.75. The monoisotopic (exact) mass is 345 g/mol. The van der Waals surface area contributed by atoms with E-state index in [1.807, 2.05) is 24.3 Å². The van der Waals surface area contributed by atoms with E-state index in [0.29, 0.717) is 17.7 Å². The molecule has 1 aromatic heterocycles. The molecule has 0 saturated heterocycles. The molecule has 5 heteroatoms. The fraction of sp³-hybridized carbons (Fsp3) is 0.125. The van der Waals surface area contributed by atoms with E-state index in [-0.39, 0.29) is 5.82 Å². The molecule has 3 nitrogen and oxygen atoms in total. The maximum Gasteiger partial charge on any atom is 0.126 e. The summed E-state index contributed by atoms with van der Waals surface area (Å²) in [5.41, 5.74) is 8.99. The molecule has 0 aliphatic carbocycles. The number of nitrogens with zero attached hydrogens (tertiary/aromatic N) is 2. The van der Waals surface area contributed by atoms with Crippen molar-refractivity contribution in [2.45, 2.75) is 12.5 Å². The molecule has 2 N–H and O–H groups in total. The first-order chi connectivity index (χ1) is 10.1. The van der Waals surface area contributed by atoms with Crippen LogP contribution in [0, 0.1) is 5.82 Å². The van der Waals surface area contributed by atoms with Gasteiger partial charge in [-0.2, -0.15) is 0 Å². The van der Waals surface area contributed by atoms with Gasteiger partial charge >= 0.3 is 0 Å². The molecule has 0 spiro atoms. The highest BCUT2D eigenvalue weighted by Gasteiger charge is 2.13. The number of hydrogen-bond acceptors (Lipinski definition) is 3. The van der Waals surface area contributed by atoms with Crippen LogP contribution in [0.3, 0.4) is 0 Å². The number of aromatic nitrogens is 2. The van der Waals surface area contributed by atoms with Gasteiger partial charge in [-0.3, -0.25) is 4.98 Å². The highest BCUT2D eigenvalue weighted by atomic mass is 79.9. The Hall–Kier alpha value is -1.85. The highest BCUT2D eigenvalue weighted by Crippen LogP contribution is 2.21. The van der Waals surface area contributed by atoms with Crippen LogP contribution >= 0.6 is 15.9 Å². The molecule has 2 aromatic carbocycles. The molecule has 1 atom stereocenters. The molecule has 3 rings (SSSR count). The second kappa shape index (κ2) is 5.87. The summed E-state index contributed by atoms with van der Waals surface area (Å²) in [7, 11) is 0. The molecular weight excluding hydrogens is 333 g/mol. The average molecular weight is 346 g/mol. The third-order valence-electron chi connectivity index (χ3n) is 3.29. The summed E-state index contributed by atoms with van der Waals surface area (Å²) in [6, 6.07) is 12.0. The van der Waals surface area contributed by atoms with Crippen molar-refractivity contribution in [2.75, 3.05) is 0 Å². The first kappa shape index (κ1) is 14.1. The molecule has 0 aliphatic rings. The Bertz CT molecular complexity index is 791. The standard InChI is InChI=1S/C16H13BrFN3/c17-11-5-6-12(18)10(7-11)8-13(19)16-9-20-14-3-1-2-4-15(14)21-16/h1-7,9,13H,8,19H2. The summed E-state index contributed by atoms with van der Waals surface area (Å²) >= 11 is 3.34. The third-order valence-corrected chi connectivity index (χ3v) is 3.79. The van der Waals surface area contributed by atoms with Crippen LogP contribution in [-0.4, -0.2) is 9.97 Å². The summed E-state index contributed by atoms with van der Waals surface area (Å²) in [6.45, 7) is 0. The summed E-state index contributed by atoms with van der Waals surface area (Å²) in [5.74, 6) is -0.262. The average Bonchev–Trinajstić information content (AvgIpc) is 2.50. The Balaban J connectivity index is 1.89. The van der Waals surface area contributed by atoms with E-state index >= 15 is 0 Å². The van der Waals surface area contributed by atoms with Crippen molar-refractivity contribution in [2.24, 2.45) is 5.73 Å². The predicted octanol–water partition coefficient (Wildman–Crippen LogP) is 3.77. The van der Waals surface area contributed by atoms with Gasteiger partial charge in [-0.1, -0.05) is 28.1 Å². The molecule has 0 amide bonds. The quantitative estimate of drug-likeness (QED) is 0.785. The highest BCUT2D eigenvalue weighted by molar-refractivity contribution is 9.10. The summed E-state index contributed by atoms with van der Waals surface area (Å²) in [5, 5.41) is 0. The van der Waals surface area contributed by atoms with Crippen molar-refractivity contribution in [1.29, 1.82) is 0 Å². The molecule has 0 bridgehead atoms. The van der Waals surface area contributed by atoms with Gasteiger partial charge in [0, 0.05) is 4.47 Å². The van der Waals surface area contributed by atoms with Crippen LogP contribution in [0.25, 0.3) is 11.0 Å². The molecule has 1 unspecified atom stereocenters. The largest absolute Gasteiger partial charge is 0.322 e. The van der Waals surface area contributed by atoms with E-state index in [1.54, 1.807) is 18.3 Å². The van der Waals surface area contributed by atoms with Crippen molar-refractivity contribution in [3.63, 3.8) is 0 Å². The van der Waals surface area contributed by atoms with Crippen LogP contribution in [0.2, 0.25) is 0 Å². The van der Waals surface area contributed by atoms with Crippen molar-refractivity contribution in [1.82, 2.24) is 9.97 Å². The first-order valence-corrected chi connectivity index (χ1v) is 7.34. The lowest BCUT2D eigenvalue weighted by atomic mass is 10.0.